The summed E-state index contributed by atoms with van der Waals surface area (Å²) in [5.74, 6) is 0.396. The maximum atomic E-state index is 13.2. The molecular formula is C25H30O5. The van der Waals surface area contributed by atoms with Gasteiger partial charge in [-0.15, -0.1) is 0 Å². The average molecular weight is 411 g/mol. The van der Waals surface area contributed by atoms with E-state index in [4.69, 9.17) is 14.2 Å². The summed E-state index contributed by atoms with van der Waals surface area (Å²) in [6.07, 6.45) is 0.697. The Hall–Kier alpha value is -2.66. The first-order valence-corrected chi connectivity index (χ1v) is 10.2. The molecule has 5 nitrogen and oxygen atoms in total. The van der Waals surface area contributed by atoms with Crippen LogP contribution in [0, 0.1) is 6.92 Å². The van der Waals surface area contributed by atoms with E-state index in [1.807, 2.05) is 44.2 Å². The first-order chi connectivity index (χ1) is 14.0. The molecule has 0 unspecified atom stereocenters. The van der Waals surface area contributed by atoms with Crippen LogP contribution in [0.4, 0.5) is 0 Å². The Morgan fingerprint density at radius 3 is 2.13 bits per heavy atom. The summed E-state index contributed by atoms with van der Waals surface area (Å²) in [5, 5.41) is 0. The molecule has 0 aromatic heterocycles. The number of methoxy groups -OCH3 is 1. The van der Waals surface area contributed by atoms with Crippen LogP contribution in [0.2, 0.25) is 0 Å². The third-order valence-corrected chi connectivity index (χ3v) is 5.58. The van der Waals surface area contributed by atoms with Crippen molar-refractivity contribution in [1.29, 1.82) is 0 Å². The van der Waals surface area contributed by atoms with Gasteiger partial charge in [0.25, 0.3) is 0 Å². The molecule has 2 aromatic carbocycles. The number of carbonyl (C=O) groups is 2. The Labute approximate surface area is 178 Å². The number of hydrogen-bond donors (Lipinski definition) is 0. The summed E-state index contributed by atoms with van der Waals surface area (Å²) in [6.45, 7) is 10.9. The lowest BCUT2D eigenvalue weighted by Crippen LogP contribution is -2.58. The Morgan fingerprint density at radius 2 is 1.57 bits per heavy atom. The van der Waals surface area contributed by atoms with Gasteiger partial charge in [-0.05, 0) is 82.0 Å². The quantitative estimate of drug-likeness (QED) is 0.637. The molecule has 0 atom stereocenters. The molecule has 1 fully saturated rings. The predicted molar refractivity (Wildman–Crippen MR) is 116 cm³/mol. The zero-order valence-electron chi connectivity index (χ0n) is 18.8. The summed E-state index contributed by atoms with van der Waals surface area (Å²) in [4.78, 5) is 26.4. The van der Waals surface area contributed by atoms with Gasteiger partial charge in [0.15, 0.2) is 23.1 Å². The number of carbonyl (C=O) groups excluding carboxylic acids is 2. The van der Waals surface area contributed by atoms with Gasteiger partial charge in [0, 0.05) is 0 Å². The summed E-state index contributed by atoms with van der Waals surface area (Å²) in [6, 6.07) is 11.3. The van der Waals surface area contributed by atoms with Crippen LogP contribution in [0.3, 0.4) is 0 Å². The Morgan fingerprint density at radius 1 is 0.933 bits per heavy atom. The van der Waals surface area contributed by atoms with Gasteiger partial charge in [0.1, 0.15) is 22.9 Å². The largest absolute Gasteiger partial charge is 0.493 e. The van der Waals surface area contributed by atoms with Gasteiger partial charge in [0.05, 0.1) is 7.11 Å². The van der Waals surface area contributed by atoms with Crippen LogP contribution >= 0.6 is 0 Å². The van der Waals surface area contributed by atoms with Crippen molar-refractivity contribution in [2.24, 2.45) is 0 Å². The first-order valence-electron chi connectivity index (χ1n) is 10.2. The number of hydrogen-bond acceptors (Lipinski definition) is 5. The minimum absolute atomic E-state index is 0.230. The SMILES string of the molecule is CCc1ccc(Oc2ccc(C)cc2OC)cc1C1C(=O)C(C)(C)OC(C)(C)C1=O. The van der Waals surface area contributed by atoms with E-state index in [1.165, 1.54) is 0 Å². The van der Waals surface area contributed by atoms with E-state index in [0.717, 1.165) is 11.1 Å². The second-order valence-corrected chi connectivity index (χ2v) is 8.75. The minimum Gasteiger partial charge on any atom is -0.493 e. The van der Waals surface area contributed by atoms with Crippen molar-refractivity contribution in [3.8, 4) is 17.2 Å². The molecule has 1 aliphatic heterocycles. The van der Waals surface area contributed by atoms with Gasteiger partial charge in [-0.2, -0.15) is 0 Å². The lowest BCUT2D eigenvalue weighted by Gasteiger charge is -2.43. The smallest absolute Gasteiger partial charge is 0.179 e. The van der Waals surface area contributed by atoms with E-state index < -0.39 is 17.1 Å². The highest BCUT2D eigenvalue weighted by Crippen LogP contribution is 2.41. The minimum atomic E-state index is -1.05. The second kappa shape index (κ2) is 7.88. The number of Topliss-reactive ketones (excluding diaryl/α,β-unsaturated/α-hetero) is 2. The van der Waals surface area contributed by atoms with Gasteiger partial charge in [-0.1, -0.05) is 19.1 Å². The van der Waals surface area contributed by atoms with Crippen molar-refractivity contribution in [2.45, 2.75) is 65.1 Å². The second-order valence-electron chi connectivity index (χ2n) is 8.75. The highest BCUT2D eigenvalue weighted by atomic mass is 16.5. The predicted octanol–water partition coefficient (Wildman–Crippen LogP) is 5.17. The highest BCUT2D eigenvalue weighted by Gasteiger charge is 2.53. The summed E-state index contributed by atoms with van der Waals surface area (Å²) in [7, 11) is 1.59. The molecule has 0 aliphatic carbocycles. The van der Waals surface area contributed by atoms with E-state index in [1.54, 1.807) is 40.9 Å². The molecule has 5 heteroatoms. The Bertz CT molecular complexity index is 961. The maximum absolute atomic E-state index is 13.2. The fraction of sp³-hybridized carbons (Fsp3) is 0.440. The van der Waals surface area contributed by atoms with Crippen LogP contribution < -0.4 is 9.47 Å². The van der Waals surface area contributed by atoms with Crippen molar-refractivity contribution in [2.75, 3.05) is 7.11 Å². The van der Waals surface area contributed by atoms with Gasteiger partial charge in [-0.3, -0.25) is 9.59 Å². The normalized spacial score (nSPS) is 18.4. The van der Waals surface area contributed by atoms with Crippen LogP contribution in [0.25, 0.3) is 0 Å². The summed E-state index contributed by atoms with van der Waals surface area (Å²) in [5.41, 5.74) is 0.580. The number of rotatable bonds is 5. The average Bonchev–Trinajstić information content (AvgIpc) is 2.68. The molecule has 1 aliphatic rings. The summed E-state index contributed by atoms with van der Waals surface area (Å²) < 4.78 is 17.3. The zero-order valence-corrected chi connectivity index (χ0v) is 18.8. The Kier molecular flexibility index (Phi) is 5.79. The molecule has 0 N–H and O–H groups in total. The first kappa shape index (κ1) is 22.0. The van der Waals surface area contributed by atoms with Crippen molar-refractivity contribution in [3.05, 3.63) is 53.1 Å². The molecule has 0 bridgehead atoms. The van der Waals surface area contributed by atoms with Crippen LogP contribution in [-0.4, -0.2) is 29.9 Å². The van der Waals surface area contributed by atoms with Gasteiger partial charge >= 0.3 is 0 Å². The Balaban J connectivity index is 2.07. The number of ketones is 2. The topological polar surface area (TPSA) is 61.8 Å². The van der Waals surface area contributed by atoms with E-state index in [9.17, 15) is 9.59 Å². The van der Waals surface area contributed by atoms with Crippen LogP contribution in [-0.2, 0) is 20.7 Å². The molecule has 0 amide bonds. The van der Waals surface area contributed by atoms with E-state index in [0.29, 0.717) is 29.2 Å². The third kappa shape index (κ3) is 3.99. The molecule has 30 heavy (non-hydrogen) atoms. The molecule has 1 saturated heterocycles. The molecule has 0 spiro atoms. The molecule has 3 rings (SSSR count). The van der Waals surface area contributed by atoms with E-state index in [-0.39, 0.29) is 11.6 Å². The molecule has 1 heterocycles. The fourth-order valence-electron chi connectivity index (χ4n) is 4.05. The standard InChI is InChI=1S/C25H30O5/c1-8-16-10-11-17(29-19-12-9-15(2)13-20(19)28-7)14-18(16)21-22(26)24(3,4)30-25(5,6)23(21)27/h9-14,21H,8H2,1-7H3. The zero-order chi connectivity index (χ0) is 22.3. The summed E-state index contributed by atoms with van der Waals surface area (Å²) >= 11 is 0. The lowest BCUT2D eigenvalue weighted by molar-refractivity contribution is -0.184. The van der Waals surface area contributed by atoms with E-state index in [2.05, 4.69) is 0 Å². The van der Waals surface area contributed by atoms with Crippen molar-refractivity contribution in [3.63, 3.8) is 0 Å². The number of benzene rings is 2. The molecular weight excluding hydrogens is 380 g/mol. The van der Waals surface area contributed by atoms with Gasteiger partial charge in [0.2, 0.25) is 0 Å². The molecule has 160 valence electrons. The van der Waals surface area contributed by atoms with E-state index >= 15 is 0 Å². The maximum Gasteiger partial charge on any atom is 0.179 e. The van der Waals surface area contributed by atoms with Crippen LogP contribution in [0.5, 0.6) is 17.2 Å². The monoisotopic (exact) mass is 410 g/mol. The third-order valence-electron chi connectivity index (χ3n) is 5.58. The molecule has 2 aromatic rings. The highest BCUT2D eigenvalue weighted by molar-refractivity contribution is 6.15. The van der Waals surface area contributed by atoms with Crippen LogP contribution in [0.1, 0.15) is 57.2 Å². The number of aryl methyl sites for hydroxylation is 2. The van der Waals surface area contributed by atoms with Gasteiger partial charge in [-0.25, -0.2) is 0 Å². The fourth-order valence-corrected chi connectivity index (χ4v) is 4.05. The molecule has 0 saturated carbocycles. The van der Waals surface area contributed by atoms with Crippen molar-refractivity contribution >= 4 is 11.6 Å². The van der Waals surface area contributed by atoms with Gasteiger partial charge < -0.3 is 14.2 Å². The van der Waals surface area contributed by atoms with Crippen molar-refractivity contribution < 1.29 is 23.8 Å². The van der Waals surface area contributed by atoms with Crippen molar-refractivity contribution in [1.82, 2.24) is 0 Å². The van der Waals surface area contributed by atoms with Crippen LogP contribution in [0.15, 0.2) is 36.4 Å². The molecule has 0 radical (unpaired) electrons. The lowest BCUT2D eigenvalue weighted by atomic mass is 9.73. The number of ether oxygens (including phenoxy) is 3.